The molecule has 2 aromatic rings. The maximum absolute atomic E-state index is 10.7. The molecule has 0 fully saturated rings. The van der Waals surface area contributed by atoms with Crippen molar-refractivity contribution in [3.63, 3.8) is 0 Å². The summed E-state index contributed by atoms with van der Waals surface area (Å²) in [5, 5.41) is 19.8. The van der Waals surface area contributed by atoms with Crippen molar-refractivity contribution >= 4 is 61.1 Å². The van der Waals surface area contributed by atoms with E-state index < -0.39 is 11.9 Å². The Bertz CT molecular complexity index is 999. The standard InChI is InChI=1S/C9H7BrN2O.C7H5BrN2.C4H6O3/c1-6(13)12-8-2-3-9(10)7(4-8)5-11;8-7-2-1-6(10)3-5(7)4-9;1-3(5)7-4(2)6/h2-4H,1H3,(H,12,13);1-3H,10H2;1-2H3. The highest BCUT2D eigenvalue weighted by atomic mass is 79.9. The van der Waals surface area contributed by atoms with Crippen molar-refractivity contribution in [1.82, 2.24) is 0 Å². The summed E-state index contributed by atoms with van der Waals surface area (Å²) in [7, 11) is 0. The van der Waals surface area contributed by atoms with Gasteiger partial charge >= 0.3 is 11.9 Å². The largest absolute Gasteiger partial charge is 0.399 e. The second kappa shape index (κ2) is 13.9. The summed E-state index contributed by atoms with van der Waals surface area (Å²) >= 11 is 6.43. The lowest BCUT2D eigenvalue weighted by Gasteiger charge is -2.02. The summed E-state index contributed by atoms with van der Waals surface area (Å²) in [6.07, 6.45) is 0. The summed E-state index contributed by atoms with van der Waals surface area (Å²) < 4.78 is 5.48. The van der Waals surface area contributed by atoms with Gasteiger partial charge in [0.1, 0.15) is 12.1 Å². The van der Waals surface area contributed by atoms with Crippen molar-refractivity contribution in [2.24, 2.45) is 0 Å². The van der Waals surface area contributed by atoms with E-state index in [1.54, 1.807) is 36.4 Å². The van der Waals surface area contributed by atoms with Gasteiger partial charge in [0.25, 0.3) is 0 Å². The zero-order chi connectivity index (χ0) is 23.3. The van der Waals surface area contributed by atoms with Crippen LogP contribution in [-0.2, 0) is 19.1 Å². The number of halogens is 2. The fourth-order valence-electron chi connectivity index (χ4n) is 1.72. The number of hydrogen-bond acceptors (Lipinski definition) is 7. The molecule has 30 heavy (non-hydrogen) atoms. The van der Waals surface area contributed by atoms with Crippen molar-refractivity contribution < 1.29 is 19.1 Å². The molecule has 0 atom stereocenters. The summed E-state index contributed by atoms with van der Waals surface area (Å²) in [6.45, 7) is 3.79. The zero-order valence-corrected chi connectivity index (χ0v) is 19.5. The molecule has 156 valence electrons. The van der Waals surface area contributed by atoms with Crippen LogP contribution in [0.2, 0.25) is 0 Å². The smallest absolute Gasteiger partial charge is 0.310 e. The normalized spacial score (nSPS) is 8.63. The van der Waals surface area contributed by atoms with Crippen LogP contribution in [-0.4, -0.2) is 17.8 Å². The fraction of sp³-hybridized carbons (Fsp3) is 0.150. The molecular weight excluding hydrogens is 520 g/mol. The molecule has 0 bridgehead atoms. The molecule has 0 heterocycles. The third-order valence-corrected chi connectivity index (χ3v) is 4.19. The average molecular weight is 538 g/mol. The van der Waals surface area contributed by atoms with Crippen molar-refractivity contribution in [2.45, 2.75) is 20.8 Å². The van der Waals surface area contributed by atoms with Crippen LogP contribution in [0, 0.1) is 22.7 Å². The zero-order valence-electron chi connectivity index (χ0n) is 16.3. The molecular formula is C20H18Br2N4O4. The number of hydrogen-bond donors (Lipinski definition) is 2. The van der Waals surface area contributed by atoms with E-state index in [0.717, 1.165) is 8.95 Å². The Kier molecular flexibility index (Phi) is 12.4. The third kappa shape index (κ3) is 11.6. The maximum atomic E-state index is 10.7. The number of rotatable bonds is 1. The average Bonchev–Trinajstić information content (AvgIpc) is 2.64. The number of nitrogens with one attached hydrogen (secondary N) is 1. The highest BCUT2D eigenvalue weighted by Crippen LogP contribution is 2.20. The van der Waals surface area contributed by atoms with Crippen molar-refractivity contribution in [1.29, 1.82) is 10.5 Å². The van der Waals surface area contributed by atoms with Crippen molar-refractivity contribution in [3.05, 3.63) is 56.5 Å². The molecule has 10 heteroatoms. The second-order valence-corrected chi connectivity index (χ2v) is 7.13. The summed E-state index contributed by atoms with van der Waals surface area (Å²) in [5.41, 5.74) is 7.75. The summed E-state index contributed by atoms with van der Waals surface area (Å²) in [4.78, 5) is 30.3. The number of carbonyl (C=O) groups is 3. The molecule has 0 aliphatic carbocycles. The number of benzene rings is 2. The van der Waals surface area contributed by atoms with Crippen LogP contribution in [0.15, 0.2) is 45.3 Å². The third-order valence-electron chi connectivity index (χ3n) is 2.81. The topological polar surface area (TPSA) is 146 Å². The highest BCUT2D eigenvalue weighted by Gasteiger charge is 2.01. The quantitative estimate of drug-likeness (QED) is 0.313. The number of amides is 1. The number of anilines is 2. The molecule has 0 radical (unpaired) electrons. The minimum Gasteiger partial charge on any atom is -0.399 e. The van der Waals surface area contributed by atoms with E-state index in [4.69, 9.17) is 16.3 Å². The van der Waals surface area contributed by atoms with Crippen LogP contribution in [0.5, 0.6) is 0 Å². The van der Waals surface area contributed by atoms with E-state index in [1.807, 2.05) is 12.1 Å². The van der Waals surface area contributed by atoms with Crippen LogP contribution >= 0.6 is 31.9 Å². The summed E-state index contributed by atoms with van der Waals surface area (Å²) in [5.74, 6) is -1.27. The van der Waals surface area contributed by atoms with Gasteiger partial charge in [0, 0.05) is 41.1 Å². The number of nitrogens with two attached hydrogens (primary N) is 1. The van der Waals surface area contributed by atoms with Gasteiger partial charge in [0.15, 0.2) is 0 Å². The Morgan fingerprint density at radius 1 is 0.900 bits per heavy atom. The van der Waals surface area contributed by atoms with Gasteiger partial charge in [-0.05, 0) is 68.3 Å². The van der Waals surface area contributed by atoms with E-state index in [9.17, 15) is 14.4 Å². The van der Waals surface area contributed by atoms with E-state index in [0.29, 0.717) is 22.5 Å². The minimum absolute atomic E-state index is 0.147. The second-order valence-electron chi connectivity index (χ2n) is 5.42. The monoisotopic (exact) mass is 536 g/mol. The van der Waals surface area contributed by atoms with Gasteiger partial charge in [-0.1, -0.05) is 0 Å². The first-order valence-electron chi connectivity index (χ1n) is 8.11. The lowest BCUT2D eigenvalue weighted by atomic mass is 10.2. The summed E-state index contributed by atoms with van der Waals surface area (Å²) in [6, 6.07) is 14.2. The van der Waals surface area contributed by atoms with Gasteiger partial charge in [0.05, 0.1) is 11.1 Å². The lowest BCUT2D eigenvalue weighted by molar-refractivity contribution is -0.156. The molecule has 2 rings (SSSR count). The van der Waals surface area contributed by atoms with Crippen molar-refractivity contribution in [2.75, 3.05) is 11.1 Å². The number of nitrogen functional groups attached to an aromatic ring is 1. The van der Waals surface area contributed by atoms with Crippen LogP contribution in [0.1, 0.15) is 31.9 Å². The number of nitriles is 2. The molecule has 0 aliphatic heterocycles. The molecule has 0 aromatic heterocycles. The van der Waals surface area contributed by atoms with Gasteiger partial charge < -0.3 is 15.8 Å². The minimum atomic E-state index is -0.562. The van der Waals surface area contributed by atoms with E-state index in [1.165, 1.54) is 20.8 Å². The molecule has 3 N–H and O–H groups in total. The molecule has 8 nitrogen and oxygen atoms in total. The van der Waals surface area contributed by atoms with Gasteiger partial charge in [-0.25, -0.2) is 0 Å². The molecule has 2 aromatic carbocycles. The highest BCUT2D eigenvalue weighted by molar-refractivity contribution is 9.10. The Balaban J connectivity index is 0.000000442. The SMILES string of the molecule is CC(=O)Nc1ccc(Br)c(C#N)c1.CC(=O)OC(C)=O.N#Cc1cc(N)ccc1Br. The van der Waals surface area contributed by atoms with Gasteiger partial charge in [0.2, 0.25) is 5.91 Å². The predicted molar refractivity (Wildman–Crippen MR) is 119 cm³/mol. The molecule has 1 amide bonds. The van der Waals surface area contributed by atoms with Crippen LogP contribution in [0.3, 0.4) is 0 Å². The van der Waals surface area contributed by atoms with E-state index in [-0.39, 0.29) is 5.91 Å². The Morgan fingerprint density at radius 3 is 1.73 bits per heavy atom. The van der Waals surface area contributed by atoms with Gasteiger partial charge in [-0.15, -0.1) is 0 Å². The number of ether oxygens (including phenoxy) is 1. The Morgan fingerprint density at radius 2 is 1.37 bits per heavy atom. The van der Waals surface area contributed by atoms with Crippen molar-refractivity contribution in [3.8, 4) is 12.1 Å². The molecule has 0 saturated carbocycles. The van der Waals surface area contributed by atoms with Crippen LogP contribution in [0.4, 0.5) is 11.4 Å². The molecule has 0 unspecified atom stereocenters. The van der Waals surface area contributed by atoms with Crippen LogP contribution in [0.25, 0.3) is 0 Å². The molecule has 0 aliphatic rings. The number of carbonyl (C=O) groups excluding carboxylic acids is 3. The first kappa shape index (κ1) is 26.8. The first-order valence-corrected chi connectivity index (χ1v) is 9.70. The maximum Gasteiger partial charge on any atom is 0.310 e. The lowest BCUT2D eigenvalue weighted by Crippen LogP contribution is -2.05. The number of esters is 2. The number of nitrogens with zero attached hydrogens (tertiary/aromatic N) is 2. The van der Waals surface area contributed by atoms with Gasteiger partial charge in [-0.3, -0.25) is 14.4 Å². The first-order chi connectivity index (χ1) is 14.0. The predicted octanol–water partition coefficient (Wildman–Crippen LogP) is 4.28. The Labute approximate surface area is 190 Å². The molecule has 0 saturated heterocycles. The van der Waals surface area contributed by atoms with Crippen LogP contribution < -0.4 is 11.1 Å². The van der Waals surface area contributed by atoms with E-state index in [2.05, 4.69) is 41.9 Å². The molecule has 0 spiro atoms. The Hall–Kier alpha value is -3.21. The van der Waals surface area contributed by atoms with Gasteiger partial charge in [-0.2, -0.15) is 10.5 Å². The fourth-order valence-corrected chi connectivity index (χ4v) is 2.39. The van der Waals surface area contributed by atoms with E-state index >= 15 is 0 Å².